The van der Waals surface area contributed by atoms with Gasteiger partial charge in [-0.1, -0.05) is 17.7 Å². The van der Waals surface area contributed by atoms with Crippen molar-refractivity contribution in [2.45, 2.75) is 13.2 Å². The first-order chi connectivity index (χ1) is 5.34. The maximum absolute atomic E-state index is 5.36. The molecule has 0 radical (unpaired) electrons. The minimum absolute atomic E-state index is 0.0118. The van der Waals surface area contributed by atoms with Gasteiger partial charge >= 0.3 is 0 Å². The summed E-state index contributed by atoms with van der Waals surface area (Å²) in [5.41, 5.74) is 1.24. The molecule has 1 fully saturated rings. The van der Waals surface area contributed by atoms with E-state index in [4.69, 9.17) is 9.47 Å². The van der Waals surface area contributed by atoms with E-state index in [9.17, 15) is 0 Å². The van der Waals surface area contributed by atoms with Crippen LogP contribution >= 0.6 is 0 Å². The Kier molecular flexibility index (Phi) is 1.55. The highest BCUT2D eigenvalue weighted by atomic mass is 16.8. The summed E-state index contributed by atoms with van der Waals surface area (Å²) in [7, 11) is 0. The first-order valence-corrected chi connectivity index (χ1v) is 3.69. The van der Waals surface area contributed by atoms with E-state index in [0.717, 1.165) is 12.4 Å². The van der Waals surface area contributed by atoms with E-state index in [0.29, 0.717) is 0 Å². The number of hydrogen-bond acceptors (Lipinski definition) is 2. The molecular formula is C9H10O2. The second-order valence-corrected chi connectivity index (χ2v) is 2.69. The minimum Gasteiger partial charge on any atom is -0.462 e. The van der Waals surface area contributed by atoms with Gasteiger partial charge < -0.3 is 9.47 Å². The van der Waals surface area contributed by atoms with E-state index in [2.05, 4.69) is 6.92 Å². The fraction of sp³-hybridized carbons (Fsp3) is 0.333. The highest BCUT2D eigenvalue weighted by Crippen LogP contribution is 2.18. The zero-order valence-electron chi connectivity index (χ0n) is 6.41. The summed E-state index contributed by atoms with van der Waals surface area (Å²) in [5, 5.41) is 0. The average Bonchev–Trinajstić information content (AvgIpc) is 2.78. The Labute approximate surface area is 65.7 Å². The molecule has 1 saturated heterocycles. The molecule has 1 aliphatic rings. The second-order valence-electron chi connectivity index (χ2n) is 2.69. The van der Waals surface area contributed by atoms with Crippen molar-refractivity contribution in [1.29, 1.82) is 0 Å². The van der Waals surface area contributed by atoms with Crippen molar-refractivity contribution in [3.05, 3.63) is 29.8 Å². The molecule has 0 N–H and O–H groups in total. The Morgan fingerprint density at radius 2 is 2.00 bits per heavy atom. The lowest BCUT2D eigenvalue weighted by Gasteiger charge is -2.00. The molecule has 1 aromatic carbocycles. The Hall–Kier alpha value is -1.02. The molecule has 0 aromatic heterocycles. The lowest BCUT2D eigenvalue weighted by molar-refractivity contribution is 0.179. The van der Waals surface area contributed by atoms with Gasteiger partial charge in [-0.25, -0.2) is 0 Å². The van der Waals surface area contributed by atoms with Crippen molar-refractivity contribution < 1.29 is 9.47 Å². The third kappa shape index (κ3) is 1.71. The molecule has 0 saturated carbocycles. The number of benzene rings is 1. The Morgan fingerprint density at radius 3 is 2.55 bits per heavy atom. The maximum atomic E-state index is 5.36. The zero-order valence-corrected chi connectivity index (χ0v) is 6.41. The summed E-state index contributed by atoms with van der Waals surface area (Å²) < 4.78 is 10.3. The summed E-state index contributed by atoms with van der Waals surface area (Å²) in [6.07, 6.45) is 0.0118. The molecule has 1 aliphatic heterocycles. The third-order valence-electron chi connectivity index (χ3n) is 1.59. The van der Waals surface area contributed by atoms with Crippen LogP contribution in [0.4, 0.5) is 0 Å². The number of rotatable bonds is 2. The average molecular weight is 150 g/mol. The van der Waals surface area contributed by atoms with Crippen LogP contribution in [0.2, 0.25) is 0 Å². The largest absolute Gasteiger partial charge is 0.462 e. The van der Waals surface area contributed by atoms with Gasteiger partial charge in [-0.15, -0.1) is 0 Å². The van der Waals surface area contributed by atoms with E-state index in [1.165, 1.54) is 5.56 Å². The lowest BCUT2D eigenvalue weighted by Crippen LogP contribution is -1.96. The van der Waals surface area contributed by atoms with E-state index in [-0.39, 0.29) is 6.29 Å². The second kappa shape index (κ2) is 2.55. The highest BCUT2D eigenvalue weighted by Gasteiger charge is 2.24. The first kappa shape index (κ1) is 6.68. The predicted molar refractivity (Wildman–Crippen MR) is 41.5 cm³/mol. The van der Waals surface area contributed by atoms with Crippen LogP contribution in [-0.2, 0) is 4.74 Å². The van der Waals surface area contributed by atoms with Gasteiger partial charge in [0.2, 0.25) is 6.29 Å². The van der Waals surface area contributed by atoms with Crippen LogP contribution in [0.1, 0.15) is 5.56 Å². The fourth-order valence-electron chi connectivity index (χ4n) is 0.876. The van der Waals surface area contributed by atoms with Crippen LogP contribution in [0, 0.1) is 6.92 Å². The Morgan fingerprint density at radius 1 is 1.36 bits per heavy atom. The molecule has 0 amide bonds. The van der Waals surface area contributed by atoms with Crippen molar-refractivity contribution in [3.8, 4) is 5.75 Å². The molecule has 1 unspecified atom stereocenters. The molecule has 2 nitrogen and oxygen atoms in total. The number of epoxide rings is 1. The van der Waals surface area contributed by atoms with Gasteiger partial charge in [-0.3, -0.25) is 0 Å². The van der Waals surface area contributed by atoms with E-state index < -0.39 is 0 Å². The molecule has 11 heavy (non-hydrogen) atoms. The van der Waals surface area contributed by atoms with Gasteiger partial charge in [0, 0.05) is 0 Å². The fourth-order valence-corrected chi connectivity index (χ4v) is 0.876. The van der Waals surface area contributed by atoms with Crippen LogP contribution < -0.4 is 4.74 Å². The molecule has 2 rings (SSSR count). The summed E-state index contributed by atoms with van der Waals surface area (Å²) >= 11 is 0. The molecule has 1 atom stereocenters. The van der Waals surface area contributed by atoms with Crippen LogP contribution in [-0.4, -0.2) is 12.9 Å². The standard InChI is InChI=1S/C9H10O2/c1-7-2-4-8(5-3-7)11-9-6-10-9/h2-5,9H,6H2,1H3. The number of aryl methyl sites for hydroxylation is 1. The topological polar surface area (TPSA) is 21.8 Å². The van der Waals surface area contributed by atoms with Crippen LogP contribution in [0.5, 0.6) is 5.75 Å². The Balaban J connectivity index is 2.06. The van der Waals surface area contributed by atoms with Gasteiger partial charge in [-0.2, -0.15) is 0 Å². The van der Waals surface area contributed by atoms with Crippen molar-refractivity contribution in [1.82, 2.24) is 0 Å². The van der Waals surface area contributed by atoms with Gasteiger partial charge in [-0.05, 0) is 19.1 Å². The monoisotopic (exact) mass is 150 g/mol. The summed E-state index contributed by atoms with van der Waals surface area (Å²) in [6.45, 7) is 2.78. The molecule has 0 spiro atoms. The van der Waals surface area contributed by atoms with E-state index in [1.807, 2.05) is 24.3 Å². The van der Waals surface area contributed by atoms with Gasteiger partial charge in [0.05, 0.1) is 0 Å². The van der Waals surface area contributed by atoms with Crippen molar-refractivity contribution in [2.24, 2.45) is 0 Å². The van der Waals surface area contributed by atoms with Crippen molar-refractivity contribution >= 4 is 0 Å². The SMILES string of the molecule is Cc1ccc(OC2CO2)cc1. The maximum Gasteiger partial charge on any atom is 0.223 e. The number of hydrogen-bond donors (Lipinski definition) is 0. The molecule has 1 aromatic rings. The summed E-state index contributed by atoms with van der Waals surface area (Å²) in [4.78, 5) is 0. The predicted octanol–water partition coefficient (Wildman–Crippen LogP) is 1.73. The summed E-state index contributed by atoms with van der Waals surface area (Å²) in [6, 6.07) is 7.96. The van der Waals surface area contributed by atoms with Crippen molar-refractivity contribution in [3.63, 3.8) is 0 Å². The minimum atomic E-state index is 0.0118. The third-order valence-corrected chi connectivity index (χ3v) is 1.59. The van der Waals surface area contributed by atoms with Gasteiger partial charge in [0.1, 0.15) is 12.4 Å². The zero-order chi connectivity index (χ0) is 7.68. The van der Waals surface area contributed by atoms with Crippen LogP contribution in [0.15, 0.2) is 24.3 Å². The van der Waals surface area contributed by atoms with Gasteiger partial charge in [0.15, 0.2) is 0 Å². The van der Waals surface area contributed by atoms with Crippen LogP contribution in [0.3, 0.4) is 0 Å². The Bertz CT molecular complexity index is 236. The normalized spacial score (nSPS) is 21.4. The molecule has 2 heteroatoms. The molecule has 0 aliphatic carbocycles. The molecule has 0 bridgehead atoms. The number of ether oxygens (including phenoxy) is 2. The lowest BCUT2D eigenvalue weighted by atomic mass is 10.2. The summed E-state index contributed by atoms with van der Waals surface area (Å²) in [5.74, 6) is 0.887. The molecular weight excluding hydrogens is 140 g/mol. The van der Waals surface area contributed by atoms with Crippen molar-refractivity contribution in [2.75, 3.05) is 6.61 Å². The van der Waals surface area contributed by atoms with Crippen LogP contribution in [0.25, 0.3) is 0 Å². The van der Waals surface area contributed by atoms with E-state index >= 15 is 0 Å². The highest BCUT2D eigenvalue weighted by molar-refractivity contribution is 5.26. The first-order valence-electron chi connectivity index (χ1n) is 3.69. The van der Waals surface area contributed by atoms with E-state index in [1.54, 1.807) is 0 Å². The quantitative estimate of drug-likeness (QED) is 0.599. The molecule has 58 valence electrons. The smallest absolute Gasteiger partial charge is 0.223 e. The van der Waals surface area contributed by atoms with Gasteiger partial charge in [0.25, 0.3) is 0 Å². The molecule has 1 heterocycles.